The minimum atomic E-state index is -3.93. The average Bonchev–Trinajstić information content (AvgIpc) is 2.52. The summed E-state index contributed by atoms with van der Waals surface area (Å²) in [7, 11) is -3.93. The van der Waals surface area contributed by atoms with Gasteiger partial charge in [-0.25, -0.2) is 18.4 Å². The van der Waals surface area contributed by atoms with Crippen LogP contribution >= 0.6 is 15.9 Å². The second kappa shape index (κ2) is 7.41. The molecule has 2 rings (SSSR count). The van der Waals surface area contributed by atoms with Gasteiger partial charge in [0.25, 0.3) is 5.91 Å². The maximum atomic E-state index is 12.1. The topological polar surface area (TPSA) is 107 Å². The van der Waals surface area contributed by atoms with Gasteiger partial charge in [0.1, 0.15) is 0 Å². The predicted molar refractivity (Wildman–Crippen MR) is 86.2 cm³/mol. The van der Waals surface area contributed by atoms with Crippen LogP contribution in [-0.4, -0.2) is 44.9 Å². The van der Waals surface area contributed by atoms with Crippen molar-refractivity contribution in [3.63, 3.8) is 0 Å². The first kappa shape index (κ1) is 17.9. The van der Waals surface area contributed by atoms with Gasteiger partial charge < -0.3 is 9.64 Å². The Morgan fingerprint density at radius 2 is 1.87 bits per heavy atom. The highest BCUT2D eigenvalue weighted by molar-refractivity contribution is 9.10. The molecule has 0 aliphatic carbocycles. The van der Waals surface area contributed by atoms with Crippen LogP contribution in [0.5, 0.6) is 0 Å². The van der Waals surface area contributed by atoms with Gasteiger partial charge in [0.15, 0.2) is 6.61 Å². The standard InChI is InChI=1S/C14H17BrN2O5S/c15-12-5-4-10(23(16,20)21)8-11(12)14(19)22-9-13(18)17-6-2-1-3-7-17/h4-5,8H,1-3,6-7,9H2,(H2,16,20,21). The highest BCUT2D eigenvalue weighted by atomic mass is 79.9. The molecule has 0 saturated carbocycles. The largest absolute Gasteiger partial charge is 0.452 e. The molecule has 7 nitrogen and oxygen atoms in total. The van der Waals surface area contributed by atoms with E-state index in [4.69, 9.17) is 9.88 Å². The van der Waals surface area contributed by atoms with E-state index in [1.807, 2.05) is 0 Å². The van der Waals surface area contributed by atoms with E-state index in [0.717, 1.165) is 25.3 Å². The molecule has 0 radical (unpaired) electrons. The zero-order valence-electron chi connectivity index (χ0n) is 12.3. The molecular weight excluding hydrogens is 388 g/mol. The van der Waals surface area contributed by atoms with Crippen LogP contribution in [0.2, 0.25) is 0 Å². The molecule has 126 valence electrons. The minimum Gasteiger partial charge on any atom is -0.452 e. The third kappa shape index (κ3) is 4.76. The van der Waals surface area contributed by atoms with Gasteiger partial charge in [0, 0.05) is 17.6 Å². The summed E-state index contributed by atoms with van der Waals surface area (Å²) in [5.74, 6) is -1.04. The van der Waals surface area contributed by atoms with E-state index < -0.39 is 16.0 Å². The lowest BCUT2D eigenvalue weighted by Gasteiger charge is -2.26. The number of benzene rings is 1. The van der Waals surface area contributed by atoms with Crippen molar-refractivity contribution in [2.24, 2.45) is 5.14 Å². The summed E-state index contributed by atoms with van der Waals surface area (Å²) in [6, 6.07) is 3.78. The van der Waals surface area contributed by atoms with Crippen molar-refractivity contribution < 1.29 is 22.7 Å². The van der Waals surface area contributed by atoms with Crippen LogP contribution in [0.25, 0.3) is 0 Å². The normalized spacial score (nSPS) is 15.3. The number of halogens is 1. The summed E-state index contributed by atoms with van der Waals surface area (Å²) in [5, 5.41) is 5.04. The molecule has 2 N–H and O–H groups in total. The second-order valence-corrected chi connectivity index (χ2v) is 7.62. The number of rotatable bonds is 4. The van der Waals surface area contributed by atoms with Crippen LogP contribution in [0.15, 0.2) is 27.6 Å². The van der Waals surface area contributed by atoms with E-state index in [1.54, 1.807) is 4.90 Å². The van der Waals surface area contributed by atoms with Gasteiger partial charge in [-0.1, -0.05) is 0 Å². The molecule has 1 saturated heterocycles. The Balaban J connectivity index is 2.04. The van der Waals surface area contributed by atoms with Gasteiger partial charge >= 0.3 is 5.97 Å². The quantitative estimate of drug-likeness (QED) is 0.760. The Labute approximate surface area is 143 Å². The summed E-state index contributed by atoms with van der Waals surface area (Å²) >= 11 is 3.15. The van der Waals surface area contributed by atoms with Gasteiger partial charge in [0.05, 0.1) is 10.5 Å². The molecule has 9 heteroatoms. The first-order valence-electron chi connectivity index (χ1n) is 7.06. The molecule has 0 bridgehead atoms. The van der Waals surface area contributed by atoms with E-state index in [0.29, 0.717) is 17.6 Å². The van der Waals surface area contributed by atoms with Gasteiger partial charge in [-0.15, -0.1) is 0 Å². The first-order valence-corrected chi connectivity index (χ1v) is 9.40. The summed E-state index contributed by atoms with van der Waals surface area (Å²) in [6.45, 7) is 0.965. The van der Waals surface area contributed by atoms with E-state index in [-0.39, 0.29) is 23.0 Å². The van der Waals surface area contributed by atoms with Crippen molar-refractivity contribution >= 4 is 37.8 Å². The number of nitrogens with two attached hydrogens (primary N) is 1. The maximum absolute atomic E-state index is 12.1. The number of primary sulfonamides is 1. The van der Waals surface area contributed by atoms with E-state index in [9.17, 15) is 18.0 Å². The van der Waals surface area contributed by atoms with E-state index in [1.165, 1.54) is 12.1 Å². The van der Waals surface area contributed by atoms with Crippen LogP contribution in [0.3, 0.4) is 0 Å². The summed E-state index contributed by atoms with van der Waals surface area (Å²) in [5.41, 5.74) is 0.00275. The number of hydrogen-bond acceptors (Lipinski definition) is 5. The maximum Gasteiger partial charge on any atom is 0.339 e. The monoisotopic (exact) mass is 404 g/mol. The Morgan fingerprint density at radius 3 is 2.48 bits per heavy atom. The Morgan fingerprint density at radius 1 is 1.22 bits per heavy atom. The third-order valence-corrected chi connectivity index (χ3v) is 5.12. The fraction of sp³-hybridized carbons (Fsp3) is 0.429. The molecule has 1 aromatic carbocycles. The number of carbonyl (C=O) groups excluding carboxylic acids is 2. The Bertz CT molecular complexity index is 714. The number of ether oxygens (including phenoxy) is 1. The fourth-order valence-corrected chi connectivity index (χ4v) is 3.23. The highest BCUT2D eigenvalue weighted by Gasteiger charge is 2.20. The third-order valence-electron chi connectivity index (χ3n) is 3.52. The number of esters is 1. The lowest BCUT2D eigenvalue weighted by Crippen LogP contribution is -2.38. The van der Waals surface area contributed by atoms with Crippen LogP contribution in [0.1, 0.15) is 29.6 Å². The Hall–Kier alpha value is -1.45. The molecule has 23 heavy (non-hydrogen) atoms. The number of piperidine rings is 1. The number of amides is 1. The number of sulfonamides is 1. The number of carbonyl (C=O) groups is 2. The van der Waals surface area contributed by atoms with Crippen molar-refractivity contribution in [3.8, 4) is 0 Å². The average molecular weight is 405 g/mol. The van der Waals surface area contributed by atoms with Gasteiger partial charge in [-0.3, -0.25) is 4.79 Å². The molecule has 1 aliphatic rings. The van der Waals surface area contributed by atoms with Gasteiger partial charge in [-0.2, -0.15) is 0 Å². The van der Waals surface area contributed by atoms with Crippen molar-refractivity contribution in [2.45, 2.75) is 24.2 Å². The van der Waals surface area contributed by atoms with Gasteiger partial charge in [-0.05, 0) is 53.4 Å². The molecule has 1 aliphatic heterocycles. The van der Waals surface area contributed by atoms with Crippen LogP contribution in [0.4, 0.5) is 0 Å². The first-order chi connectivity index (χ1) is 10.8. The van der Waals surface area contributed by atoms with Crippen LogP contribution in [0, 0.1) is 0 Å². The van der Waals surface area contributed by atoms with E-state index in [2.05, 4.69) is 15.9 Å². The van der Waals surface area contributed by atoms with Crippen molar-refractivity contribution in [3.05, 3.63) is 28.2 Å². The highest BCUT2D eigenvalue weighted by Crippen LogP contribution is 2.21. The molecule has 1 heterocycles. The van der Waals surface area contributed by atoms with E-state index >= 15 is 0 Å². The molecule has 0 unspecified atom stereocenters. The zero-order chi connectivity index (χ0) is 17.0. The SMILES string of the molecule is NS(=O)(=O)c1ccc(Br)c(C(=O)OCC(=O)N2CCCCC2)c1. The molecule has 0 spiro atoms. The van der Waals surface area contributed by atoms with Gasteiger partial charge in [0.2, 0.25) is 10.0 Å². The number of likely N-dealkylation sites (tertiary alicyclic amines) is 1. The predicted octanol–water partition coefficient (Wildman–Crippen LogP) is 1.27. The second-order valence-electron chi connectivity index (χ2n) is 5.20. The summed E-state index contributed by atoms with van der Waals surface area (Å²) in [4.78, 5) is 25.5. The smallest absolute Gasteiger partial charge is 0.339 e. The molecule has 1 amide bonds. The minimum absolute atomic E-state index is 0.00275. The molecule has 1 fully saturated rings. The molecule has 1 aromatic rings. The molecule has 0 aromatic heterocycles. The molecular formula is C14H17BrN2O5S. The lowest BCUT2D eigenvalue weighted by molar-refractivity contribution is -0.135. The summed E-state index contributed by atoms with van der Waals surface area (Å²) < 4.78 is 28.0. The van der Waals surface area contributed by atoms with Crippen LogP contribution in [-0.2, 0) is 19.6 Å². The summed E-state index contributed by atoms with van der Waals surface area (Å²) in [6.07, 6.45) is 2.99. The van der Waals surface area contributed by atoms with Crippen molar-refractivity contribution in [1.82, 2.24) is 4.90 Å². The van der Waals surface area contributed by atoms with Crippen molar-refractivity contribution in [1.29, 1.82) is 0 Å². The number of nitrogens with zero attached hydrogens (tertiary/aromatic N) is 1. The lowest BCUT2D eigenvalue weighted by atomic mass is 10.1. The fourth-order valence-electron chi connectivity index (χ4n) is 2.28. The Kier molecular flexibility index (Phi) is 5.77. The molecule has 0 atom stereocenters. The number of hydrogen-bond donors (Lipinski definition) is 1. The van der Waals surface area contributed by atoms with Crippen LogP contribution < -0.4 is 5.14 Å². The zero-order valence-corrected chi connectivity index (χ0v) is 14.7. The van der Waals surface area contributed by atoms with Crippen molar-refractivity contribution in [2.75, 3.05) is 19.7 Å².